The maximum Gasteiger partial charge on any atom is 0.329 e. The Morgan fingerprint density at radius 2 is 1.65 bits per heavy atom. The fourth-order valence-electron chi connectivity index (χ4n) is 3.16. The number of carbonyl (C=O) groups is 1. The van der Waals surface area contributed by atoms with Gasteiger partial charge < -0.3 is 5.32 Å². The van der Waals surface area contributed by atoms with Crippen molar-refractivity contribution in [3.8, 4) is 0 Å². The lowest BCUT2D eigenvalue weighted by Gasteiger charge is -2.09. The number of fused-ring (bicyclic) bond motifs is 1. The van der Waals surface area contributed by atoms with E-state index in [9.17, 15) is 9.59 Å². The number of amides is 1. The molecule has 1 amide bonds. The molecule has 0 aliphatic heterocycles. The third-order valence-electron chi connectivity index (χ3n) is 4.50. The van der Waals surface area contributed by atoms with Crippen LogP contribution in [0.1, 0.15) is 25.8 Å². The molecule has 3 rings (SSSR count). The number of anilines is 1. The Bertz CT molecular complexity index is 990. The van der Waals surface area contributed by atoms with Crippen LogP contribution in [-0.4, -0.2) is 15.0 Å². The van der Waals surface area contributed by atoms with E-state index in [0.717, 1.165) is 21.1 Å². The fourth-order valence-corrected chi connectivity index (χ4v) is 3.59. The number of aromatic nitrogens is 2. The van der Waals surface area contributed by atoms with Gasteiger partial charge in [0.1, 0.15) is 0 Å². The third-order valence-corrected chi connectivity index (χ3v) is 5.15. The summed E-state index contributed by atoms with van der Waals surface area (Å²) in [5.74, 6) is -0.0470. The van der Waals surface area contributed by atoms with Crippen LogP contribution in [-0.2, 0) is 24.3 Å². The number of hydrogen-bond donors (Lipinski definition) is 1. The third kappa shape index (κ3) is 3.60. The van der Waals surface area contributed by atoms with Gasteiger partial charge in [0, 0.05) is 24.0 Å². The molecule has 2 aromatic carbocycles. The largest absolute Gasteiger partial charge is 0.329 e. The molecule has 3 aromatic rings. The lowest BCUT2D eigenvalue weighted by Crippen LogP contribution is -2.23. The van der Waals surface area contributed by atoms with Crippen molar-refractivity contribution < 1.29 is 4.79 Å². The zero-order valence-corrected chi connectivity index (χ0v) is 16.5. The Kier molecular flexibility index (Phi) is 5.61. The highest BCUT2D eigenvalue weighted by Crippen LogP contribution is 2.28. The van der Waals surface area contributed by atoms with E-state index in [0.29, 0.717) is 31.6 Å². The fraction of sp³-hybridized carbons (Fsp3) is 0.300. The Hall–Kier alpha value is -2.34. The number of nitrogens with one attached hydrogen (secondary N) is 1. The molecule has 0 unspecified atom stereocenters. The summed E-state index contributed by atoms with van der Waals surface area (Å²) in [4.78, 5) is 24.8. The minimum Gasteiger partial charge on any atom is -0.325 e. The summed E-state index contributed by atoms with van der Waals surface area (Å²) < 4.78 is 4.24. The molecular formula is C20H22BrN3O2. The molecule has 0 bridgehead atoms. The van der Waals surface area contributed by atoms with E-state index in [1.54, 1.807) is 9.13 Å². The normalized spacial score (nSPS) is 11.0. The SMILES string of the molecule is CCn1c(=O)n(CC)c2cc(NC(=O)CCc3ccccc3)c(Br)cc21. The van der Waals surface area contributed by atoms with Gasteiger partial charge in [-0.3, -0.25) is 13.9 Å². The molecule has 1 aromatic heterocycles. The van der Waals surface area contributed by atoms with Crippen molar-refractivity contribution in [2.45, 2.75) is 39.8 Å². The Morgan fingerprint density at radius 1 is 1.04 bits per heavy atom. The summed E-state index contributed by atoms with van der Waals surface area (Å²) in [6.45, 7) is 5.10. The summed E-state index contributed by atoms with van der Waals surface area (Å²) in [5, 5.41) is 2.96. The van der Waals surface area contributed by atoms with Crippen LogP contribution in [0.25, 0.3) is 11.0 Å². The molecule has 0 spiro atoms. The van der Waals surface area contributed by atoms with Crippen LogP contribution in [0.5, 0.6) is 0 Å². The van der Waals surface area contributed by atoms with Crippen molar-refractivity contribution >= 4 is 38.6 Å². The van der Waals surface area contributed by atoms with Crippen molar-refractivity contribution in [2.24, 2.45) is 0 Å². The average molecular weight is 416 g/mol. The maximum absolute atomic E-state index is 12.5. The number of halogens is 1. The molecule has 0 aliphatic carbocycles. The molecule has 0 aliphatic rings. The van der Waals surface area contributed by atoms with Crippen molar-refractivity contribution in [1.29, 1.82) is 0 Å². The van der Waals surface area contributed by atoms with Crippen LogP contribution in [0, 0.1) is 0 Å². The van der Waals surface area contributed by atoms with E-state index < -0.39 is 0 Å². The van der Waals surface area contributed by atoms with Crippen LogP contribution >= 0.6 is 15.9 Å². The van der Waals surface area contributed by atoms with Gasteiger partial charge in [0.2, 0.25) is 5.91 Å². The lowest BCUT2D eigenvalue weighted by molar-refractivity contribution is -0.116. The minimum absolute atomic E-state index is 0.0237. The molecule has 0 radical (unpaired) electrons. The van der Waals surface area contributed by atoms with Gasteiger partial charge in [-0.15, -0.1) is 0 Å². The lowest BCUT2D eigenvalue weighted by atomic mass is 10.1. The first-order valence-electron chi connectivity index (χ1n) is 8.81. The summed E-state index contributed by atoms with van der Waals surface area (Å²) in [5.41, 5.74) is 3.50. The van der Waals surface area contributed by atoms with Crippen LogP contribution in [0.15, 0.2) is 51.7 Å². The van der Waals surface area contributed by atoms with E-state index in [1.165, 1.54) is 0 Å². The Morgan fingerprint density at radius 3 is 2.27 bits per heavy atom. The van der Waals surface area contributed by atoms with Crippen LogP contribution in [0.4, 0.5) is 5.69 Å². The van der Waals surface area contributed by atoms with Crippen LogP contribution in [0.2, 0.25) is 0 Å². The molecule has 26 heavy (non-hydrogen) atoms. The van der Waals surface area contributed by atoms with Gasteiger partial charge in [-0.1, -0.05) is 30.3 Å². The highest BCUT2D eigenvalue weighted by molar-refractivity contribution is 9.10. The topological polar surface area (TPSA) is 56.0 Å². The highest BCUT2D eigenvalue weighted by atomic mass is 79.9. The molecule has 0 atom stereocenters. The molecular weight excluding hydrogens is 394 g/mol. The minimum atomic E-state index is -0.0470. The van der Waals surface area contributed by atoms with Crippen molar-refractivity contribution in [3.63, 3.8) is 0 Å². The van der Waals surface area contributed by atoms with E-state index in [-0.39, 0.29) is 11.6 Å². The standard InChI is InChI=1S/C20H22BrN3O2/c1-3-23-17-12-15(21)16(13-18(17)24(4-2)20(23)26)22-19(25)11-10-14-8-6-5-7-9-14/h5-9,12-13H,3-4,10-11H2,1-2H3,(H,22,25). The zero-order chi connectivity index (χ0) is 18.7. The van der Waals surface area contributed by atoms with Gasteiger partial charge in [-0.05, 0) is 53.9 Å². The summed E-state index contributed by atoms with van der Waals surface area (Å²) >= 11 is 3.52. The molecule has 136 valence electrons. The van der Waals surface area contributed by atoms with Gasteiger partial charge >= 0.3 is 5.69 Å². The summed E-state index contributed by atoms with van der Waals surface area (Å²) in [6, 6.07) is 13.7. The predicted octanol–water partition coefficient (Wildman–Crippen LogP) is 4.18. The predicted molar refractivity (Wildman–Crippen MR) is 109 cm³/mol. The molecule has 0 saturated carbocycles. The van der Waals surface area contributed by atoms with Gasteiger partial charge in [-0.2, -0.15) is 0 Å². The molecule has 0 saturated heterocycles. The number of hydrogen-bond acceptors (Lipinski definition) is 2. The maximum atomic E-state index is 12.5. The van der Waals surface area contributed by atoms with Crippen LogP contribution in [0.3, 0.4) is 0 Å². The second kappa shape index (κ2) is 7.91. The first-order valence-corrected chi connectivity index (χ1v) is 9.60. The van der Waals surface area contributed by atoms with Gasteiger partial charge in [-0.25, -0.2) is 4.79 Å². The van der Waals surface area contributed by atoms with Gasteiger partial charge in [0.15, 0.2) is 0 Å². The molecule has 1 N–H and O–H groups in total. The number of imidazole rings is 1. The molecule has 6 heteroatoms. The average Bonchev–Trinajstić information content (AvgIpc) is 2.90. The van der Waals surface area contributed by atoms with Crippen molar-refractivity contribution in [1.82, 2.24) is 9.13 Å². The second-order valence-corrected chi connectivity index (χ2v) is 6.98. The number of aryl methyl sites for hydroxylation is 3. The number of nitrogens with zero attached hydrogens (tertiary/aromatic N) is 2. The van der Waals surface area contributed by atoms with Crippen molar-refractivity contribution in [2.75, 3.05) is 5.32 Å². The van der Waals surface area contributed by atoms with Gasteiger partial charge in [0.25, 0.3) is 0 Å². The summed E-state index contributed by atoms with van der Waals surface area (Å²) in [7, 11) is 0. The smallest absolute Gasteiger partial charge is 0.325 e. The Balaban J connectivity index is 1.84. The van der Waals surface area contributed by atoms with E-state index in [2.05, 4.69) is 21.2 Å². The van der Waals surface area contributed by atoms with E-state index >= 15 is 0 Å². The molecule has 1 heterocycles. The highest BCUT2D eigenvalue weighted by Gasteiger charge is 2.15. The Labute approximate surface area is 160 Å². The molecule has 0 fully saturated rings. The quantitative estimate of drug-likeness (QED) is 0.656. The summed E-state index contributed by atoms with van der Waals surface area (Å²) in [6.07, 6.45) is 1.10. The first kappa shape index (κ1) is 18.5. The van der Waals surface area contributed by atoms with Crippen molar-refractivity contribution in [3.05, 3.63) is 63.0 Å². The second-order valence-electron chi connectivity index (χ2n) is 6.13. The number of carbonyl (C=O) groups excluding carboxylic acids is 1. The zero-order valence-electron chi connectivity index (χ0n) is 15.0. The first-order chi connectivity index (χ1) is 12.5. The monoisotopic (exact) mass is 415 g/mol. The number of rotatable bonds is 6. The molecule has 5 nitrogen and oxygen atoms in total. The van der Waals surface area contributed by atoms with Crippen LogP contribution < -0.4 is 11.0 Å². The van der Waals surface area contributed by atoms with E-state index in [4.69, 9.17) is 0 Å². The van der Waals surface area contributed by atoms with E-state index in [1.807, 2.05) is 56.3 Å². The van der Waals surface area contributed by atoms with Gasteiger partial charge in [0.05, 0.1) is 16.7 Å². The number of benzene rings is 2.